The minimum atomic E-state index is -0.592. The van der Waals surface area contributed by atoms with Gasteiger partial charge in [0.2, 0.25) is 0 Å². The molecule has 0 unspecified atom stereocenters. The van der Waals surface area contributed by atoms with E-state index in [0.717, 1.165) is 30.8 Å². The third kappa shape index (κ3) is 4.22. The Morgan fingerprint density at radius 3 is 2.83 bits per heavy atom. The molecule has 0 saturated carbocycles. The molecule has 0 radical (unpaired) electrons. The molecule has 5 rings (SSSR count). The van der Waals surface area contributed by atoms with Crippen LogP contribution in [-0.2, 0) is 6.42 Å². The van der Waals surface area contributed by atoms with E-state index in [2.05, 4.69) is 50.8 Å². The van der Waals surface area contributed by atoms with Crippen molar-refractivity contribution < 1.29 is 9.18 Å². The monoisotopic (exact) mass is 473 g/mol. The molecule has 0 fully saturated rings. The third-order valence-corrected chi connectivity index (χ3v) is 6.53. The van der Waals surface area contributed by atoms with Crippen LogP contribution in [-0.4, -0.2) is 35.2 Å². The second-order valence-electron chi connectivity index (χ2n) is 9.25. The second kappa shape index (κ2) is 9.05. The van der Waals surface area contributed by atoms with Crippen LogP contribution in [0.25, 0.3) is 17.2 Å². The maximum atomic E-state index is 14.8. The van der Waals surface area contributed by atoms with Gasteiger partial charge in [0.1, 0.15) is 23.2 Å². The van der Waals surface area contributed by atoms with Gasteiger partial charge in [-0.3, -0.25) is 4.79 Å². The number of benzene rings is 1. The van der Waals surface area contributed by atoms with Gasteiger partial charge < -0.3 is 14.5 Å². The number of fused-ring (bicyclic) bond motifs is 1. The average Bonchev–Trinajstić information content (AvgIpc) is 3.56. The van der Waals surface area contributed by atoms with E-state index in [1.807, 2.05) is 16.8 Å². The van der Waals surface area contributed by atoms with E-state index < -0.39 is 11.7 Å². The van der Waals surface area contributed by atoms with Crippen molar-refractivity contribution in [3.8, 4) is 17.2 Å². The molecule has 0 saturated heterocycles. The van der Waals surface area contributed by atoms with Crippen molar-refractivity contribution >= 4 is 11.7 Å². The van der Waals surface area contributed by atoms with Gasteiger partial charge >= 0.3 is 0 Å². The summed E-state index contributed by atoms with van der Waals surface area (Å²) >= 11 is 0. The molecule has 0 aliphatic carbocycles. The maximum absolute atomic E-state index is 14.8. The number of carbonyl (C=O) groups is 1. The lowest BCUT2D eigenvalue weighted by Crippen LogP contribution is -2.16. The van der Waals surface area contributed by atoms with Crippen LogP contribution >= 0.6 is 0 Å². The van der Waals surface area contributed by atoms with Crippen molar-refractivity contribution in [1.82, 2.24) is 29.3 Å². The van der Waals surface area contributed by atoms with Crippen molar-refractivity contribution in [3.63, 3.8) is 0 Å². The molecule has 1 N–H and O–H groups in total. The summed E-state index contributed by atoms with van der Waals surface area (Å²) in [5, 5.41) is 11.4. The molecule has 180 valence electrons. The lowest BCUT2D eigenvalue weighted by atomic mass is 10.1. The summed E-state index contributed by atoms with van der Waals surface area (Å²) in [7, 11) is 0. The van der Waals surface area contributed by atoms with Gasteiger partial charge in [-0.15, -0.1) is 10.2 Å². The molecule has 1 atom stereocenters. The molecule has 4 aromatic rings. The molecule has 0 spiro atoms. The number of halogens is 1. The van der Waals surface area contributed by atoms with Gasteiger partial charge in [0.15, 0.2) is 5.82 Å². The van der Waals surface area contributed by atoms with E-state index >= 15 is 0 Å². The number of hydrogen-bond acceptors (Lipinski definition) is 5. The number of rotatable bonds is 6. The average molecular weight is 474 g/mol. The Kier molecular flexibility index (Phi) is 5.92. The topological polar surface area (TPSA) is 90.5 Å². The minimum absolute atomic E-state index is 0.0629. The number of anilines is 1. The number of hydrogen-bond donors (Lipinski definition) is 1. The van der Waals surface area contributed by atoms with Gasteiger partial charge in [-0.2, -0.15) is 0 Å². The highest BCUT2D eigenvalue weighted by atomic mass is 19.1. The fraction of sp³-hybridized carbons (Fsp3) is 0.346. The minimum Gasteiger partial charge on any atom is -0.307 e. The Hall–Kier alpha value is -3.88. The van der Waals surface area contributed by atoms with Crippen molar-refractivity contribution in [2.24, 2.45) is 0 Å². The highest BCUT2D eigenvalue weighted by Gasteiger charge is 2.27. The Bertz CT molecular complexity index is 1400. The Morgan fingerprint density at radius 1 is 1.26 bits per heavy atom. The predicted molar refractivity (Wildman–Crippen MR) is 131 cm³/mol. The molecule has 1 aromatic carbocycles. The summed E-state index contributed by atoms with van der Waals surface area (Å²) in [6, 6.07) is 8.58. The van der Waals surface area contributed by atoms with E-state index in [0.29, 0.717) is 34.6 Å². The van der Waals surface area contributed by atoms with E-state index in [9.17, 15) is 9.18 Å². The van der Waals surface area contributed by atoms with E-state index in [1.54, 1.807) is 31.5 Å². The largest absolute Gasteiger partial charge is 0.307 e. The van der Waals surface area contributed by atoms with Gasteiger partial charge in [0.05, 0.1) is 23.3 Å². The molecule has 4 heterocycles. The zero-order valence-electron chi connectivity index (χ0n) is 20.3. The lowest BCUT2D eigenvalue weighted by molar-refractivity contribution is 0.102. The summed E-state index contributed by atoms with van der Waals surface area (Å²) in [5.41, 5.74) is 2.88. The van der Waals surface area contributed by atoms with E-state index in [1.165, 1.54) is 6.07 Å². The molecule has 1 aliphatic rings. The number of aromatic nitrogens is 6. The van der Waals surface area contributed by atoms with E-state index in [-0.39, 0.29) is 11.5 Å². The first-order valence-electron chi connectivity index (χ1n) is 11.9. The van der Waals surface area contributed by atoms with Gasteiger partial charge in [-0.25, -0.2) is 14.4 Å². The zero-order chi connectivity index (χ0) is 24.7. The fourth-order valence-corrected chi connectivity index (χ4v) is 4.56. The smallest absolute Gasteiger partial charge is 0.259 e. The number of pyridine rings is 1. The van der Waals surface area contributed by atoms with Gasteiger partial charge in [0, 0.05) is 18.7 Å². The number of nitrogens with zero attached hydrogens (tertiary/aromatic N) is 6. The molecule has 0 bridgehead atoms. The number of nitrogens with one attached hydrogen (secondary N) is 1. The van der Waals surface area contributed by atoms with Crippen LogP contribution in [0.4, 0.5) is 10.2 Å². The normalized spacial score (nSPS) is 15.0. The maximum Gasteiger partial charge on any atom is 0.259 e. The number of carbonyl (C=O) groups excluding carboxylic acids is 1. The number of imidazole rings is 1. The summed E-state index contributed by atoms with van der Waals surface area (Å²) in [6.07, 6.45) is 6.50. The summed E-state index contributed by atoms with van der Waals surface area (Å²) in [4.78, 5) is 22.1. The molecular formula is C26H28FN7O. The van der Waals surface area contributed by atoms with Crippen LogP contribution in [0.15, 0.2) is 42.9 Å². The predicted octanol–water partition coefficient (Wildman–Crippen LogP) is 5.25. The van der Waals surface area contributed by atoms with Crippen LogP contribution < -0.4 is 5.32 Å². The zero-order valence-corrected chi connectivity index (χ0v) is 20.3. The number of amides is 1. The molecule has 1 aliphatic heterocycles. The van der Waals surface area contributed by atoms with E-state index in [4.69, 9.17) is 0 Å². The van der Waals surface area contributed by atoms with Crippen molar-refractivity contribution in [3.05, 3.63) is 71.3 Å². The quantitative estimate of drug-likeness (QED) is 0.413. The molecule has 35 heavy (non-hydrogen) atoms. The summed E-state index contributed by atoms with van der Waals surface area (Å²) < 4.78 is 18.8. The van der Waals surface area contributed by atoms with Gasteiger partial charge in [-0.05, 0) is 55.5 Å². The number of aryl methyl sites for hydroxylation is 2. The molecule has 9 heteroatoms. The van der Waals surface area contributed by atoms with Crippen molar-refractivity contribution in [2.75, 3.05) is 5.32 Å². The second-order valence-corrected chi connectivity index (χ2v) is 9.25. The van der Waals surface area contributed by atoms with Gasteiger partial charge in [-0.1, -0.05) is 26.8 Å². The first kappa shape index (κ1) is 22.9. The fourth-order valence-electron chi connectivity index (χ4n) is 4.56. The SMILES string of the molecule is CC[C@H]1CCc2nnc(-c3cccc(NC(=O)c4cc(-n5cnc(C(C)C)c5)c(C)cc4F)n3)n21. The van der Waals surface area contributed by atoms with Crippen LogP contribution in [0.2, 0.25) is 0 Å². The standard InChI is InChI=1S/C26H28FN7O/c1-5-17-9-10-24-31-32-25(34(17)24)20-7-6-8-23(29-20)30-26(35)18-12-22(16(4)11-19(18)27)33-13-21(15(2)3)28-14-33/h6-8,11-15,17H,5,9-10H2,1-4H3,(H,29,30,35)/t17-/m0/s1. The molecule has 3 aromatic heterocycles. The molecule has 8 nitrogen and oxygen atoms in total. The Labute approximate surface area is 203 Å². The highest BCUT2D eigenvalue weighted by Crippen LogP contribution is 2.32. The Morgan fingerprint density at radius 2 is 2.09 bits per heavy atom. The Balaban J connectivity index is 1.43. The van der Waals surface area contributed by atoms with Crippen LogP contribution in [0.1, 0.15) is 73.0 Å². The van der Waals surface area contributed by atoms with Crippen molar-refractivity contribution in [2.45, 2.75) is 58.9 Å². The van der Waals surface area contributed by atoms with Crippen LogP contribution in [0.5, 0.6) is 0 Å². The highest BCUT2D eigenvalue weighted by molar-refractivity contribution is 6.04. The summed E-state index contributed by atoms with van der Waals surface area (Å²) in [5.74, 6) is 1.06. The van der Waals surface area contributed by atoms with Crippen LogP contribution in [0, 0.1) is 12.7 Å². The molecule has 1 amide bonds. The first-order chi connectivity index (χ1) is 16.9. The van der Waals surface area contributed by atoms with Gasteiger partial charge in [0.25, 0.3) is 5.91 Å². The third-order valence-electron chi connectivity index (χ3n) is 6.53. The first-order valence-corrected chi connectivity index (χ1v) is 11.9. The summed E-state index contributed by atoms with van der Waals surface area (Å²) in [6.45, 7) is 8.06. The van der Waals surface area contributed by atoms with Crippen molar-refractivity contribution in [1.29, 1.82) is 0 Å². The lowest BCUT2D eigenvalue weighted by Gasteiger charge is -2.13. The molecular weight excluding hydrogens is 445 g/mol. The van der Waals surface area contributed by atoms with Crippen LogP contribution in [0.3, 0.4) is 0 Å².